The van der Waals surface area contributed by atoms with Crippen LogP contribution in [0.25, 0.3) is 0 Å². The Balaban J connectivity index is 1.06. The lowest BCUT2D eigenvalue weighted by molar-refractivity contribution is -0.242. The van der Waals surface area contributed by atoms with Crippen molar-refractivity contribution in [2.24, 2.45) is 5.41 Å². The molecular formula is C33H48N4O5. The van der Waals surface area contributed by atoms with Crippen molar-refractivity contribution in [3.63, 3.8) is 0 Å². The lowest BCUT2D eigenvalue weighted by atomic mass is 9.78. The third-order valence-electron chi connectivity index (χ3n) is 9.81. The Kier molecular flexibility index (Phi) is 8.65. The van der Waals surface area contributed by atoms with Crippen molar-refractivity contribution in [3.05, 3.63) is 48.0 Å². The first-order valence-electron chi connectivity index (χ1n) is 16.0. The van der Waals surface area contributed by atoms with Crippen LogP contribution < -0.4 is 5.48 Å². The molecule has 4 fully saturated rings. The van der Waals surface area contributed by atoms with E-state index in [1.807, 2.05) is 48.9 Å². The van der Waals surface area contributed by atoms with Gasteiger partial charge in [-0.05, 0) is 89.5 Å². The van der Waals surface area contributed by atoms with Crippen LogP contribution in [0.4, 0.5) is 4.79 Å². The largest absolute Gasteiger partial charge is 0.444 e. The predicted molar refractivity (Wildman–Crippen MR) is 159 cm³/mol. The van der Waals surface area contributed by atoms with Crippen molar-refractivity contribution >= 4 is 12.0 Å². The number of nitrogens with one attached hydrogen (secondary N) is 1. The standard InChI is InChI=1S/C33H48N4O5/c1-32(2,3)41-31(39)35(25-13-9-4-5-10-14-25)18-15-26-19-27(34-42-26)28-20-33(16-17-33)29-21-36(28)30(38)22-37(29)40-23-24-11-7-6-8-12-24/h4-8,11-12,25-29,34H,9-10,13-23H2,1-3H3/t26?,27?,28?,29-/m1/s1. The normalized spacial score (nSPS) is 29.5. The zero-order valence-electron chi connectivity index (χ0n) is 25.5. The predicted octanol–water partition coefficient (Wildman–Crippen LogP) is 4.97. The number of piperidine rings is 1. The van der Waals surface area contributed by atoms with Gasteiger partial charge in [0.25, 0.3) is 0 Å². The summed E-state index contributed by atoms with van der Waals surface area (Å²) in [6.07, 6.45) is 13.0. The Morgan fingerprint density at radius 1 is 1.14 bits per heavy atom. The Bertz CT molecular complexity index is 1120. The Morgan fingerprint density at radius 2 is 1.88 bits per heavy atom. The van der Waals surface area contributed by atoms with Crippen LogP contribution in [0.5, 0.6) is 0 Å². The SMILES string of the molecule is CC(C)(C)OC(=O)N(CCC1CC(C2CC3(CC3)[C@H]3CN2C(=O)CN3OCc2ccccc2)NO1)C1CCC=CCC1. The van der Waals surface area contributed by atoms with Crippen LogP contribution in [0, 0.1) is 5.41 Å². The van der Waals surface area contributed by atoms with Crippen LogP contribution in [-0.2, 0) is 25.8 Å². The molecule has 0 radical (unpaired) electrons. The van der Waals surface area contributed by atoms with Crippen LogP contribution in [0.15, 0.2) is 42.5 Å². The molecular weight excluding hydrogens is 532 g/mol. The molecule has 0 aromatic heterocycles. The number of piperazine rings is 1. The molecule has 3 aliphatic heterocycles. The summed E-state index contributed by atoms with van der Waals surface area (Å²) in [5.74, 6) is 0.128. The summed E-state index contributed by atoms with van der Waals surface area (Å²) >= 11 is 0. The Labute approximate surface area is 250 Å². The van der Waals surface area contributed by atoms with E-state index in [1.165, 1.54) is 12.8 Å². The van der Waals surface area contributed by atoms with E-state index in [1.54, 1.807) is 0 Å². The average molecular weight is 581 g/mol. The van der Waals surface area contributed by atoms with Crippen molar-refractivity contribution < 1.29 is 24.0 Å². The molecule has 6 rings (SSSR count). The van der Waals surface area contributed by atoms with Crippen molar-refractivity contribution in [1.82, 2.24) is 20.3 Å². The number of ether oxygens (including phenoxy) is 1. The van der Waals surface area contributed by atoms with Gasteiger partial charge in [0.15, 0.2) is 0 Å². The summed E-state index contributed by atoms with van der Waals surface area (Å²) in [6.45, 7) is 7.86. The molecule has 3 unspecified atom stereocenters. The number of carbonyl (C=O) groups is 2. The molecule has 3 saturated heterocycles. The van der Waals surface area contributed by atoms with Crippen LogP contribution in [0.3, 0.4) is 0 Å². The minimum Gasteiger partial charge on any atom is -0.444 e. The molecule has 3 heterocycles. The lowest BCUT2D eigenvalue weighted by Gasteiger charge is -2.53. The van der Waals surface area contributed by atoms with E-state index in [2.05, 4.69) is 34.7 Å². The molecule has 2 aliphatic carbocycles. The lowest BCUT2D eigenvalue weighted by Crippen LogP contribution is -2.68. The maximum absolute atomic E-state index is 13.4. The summed E-state index contributed by atoms with van der Waals surface area (Å²) in [7, 11) is 0. The summed E-state index contributed by atoms with van der Waals surface area (Å²) in [5, 5.41) is 1.98. The second-order valence-corrected chi connectivity index (χ2v) is 14.0. The number of nitrogens with zero attached hydrogens (tertiary/aromatic N) is 3. The van der Waals surface area contributed by atoms with Crippen molar-refractivity contribution in [2.45, 2.75) is 121 Å². The number of allylic oxidation sites excluding steroid dienone is 2. The van der Waals surface area contributed by atoms with Gasteiger partial charge in [-0.3, -0.25) is 14.5 Å². The molecule has 1 spiro atoms. The number of hydrogen-bond acceptors (Lipinski definition) is 7. The van der Waals surface area contributed by atoms with Gasteiger partial charge in [0.1, 0.15) is 12.1 Å². The zero-order valence-corrected chi connectivity index (χ0v) is 25.5. The van der Waals surface area contributed by atoms with E-state index in [9.17, 15) is 9.59 Å². The van der Waals surface area contributed by atoms with Gasteiger partial charge < -0.3 is 14.5 Å². The maximum atomic E-state index is 13.4. The van der Waals surface area contributed by atoms with Crippen molar-refractivity contribution in [2.75, 3.05) is 19.6 Å². The van der Waals surface area contributed by atoms with Crippen LogP contribution in [-0.4, -0.2) is 82.4 Å². The summed E-state index contributed by atoms with van der Waals surface area (Å²) in [5.41, 5.74) is 4.11. The highest BCUT2D eigenvalue weighted by atomic mass is 16.7. The van der Waals surface area contributed by atoms with Crippen molar-refractivity contribution in [3.8, 4) is 0 Å². The highest BCUT2D eigenvalue weighted by Crippen LogP contribution is 2.58. The number of hydrogen-bond donors (Lipinski definition) is 1. The van der Waals surface area contributed by atoms with E-state index in [-0.39, 0.29) is 47.7 Å². The van der Waals surface area contributed by atoms with Gasteiger partial charge in [-0.2, -0.15) is 10.5 Å². The second kappa shape index (κ2) is 12.3. The van der Waals surface area contributed by atoms with Gasteiger partial charge in [-0.1, -0.05) is 42.5 Å². The van der Waals surface area contributed by atoms with Crippen LogP contribution >= 0.6 is 0 Å². The van der Waals surface area contributed by atoms with E-state index < -0.39 is 5.60 Å². The summed E-state index contributed by atoms with van der Waals surface area (Å²) in [6, 6.07) is 10.8. The smallest absolute Gasteiger partial charge is 0.410 e. The molecule has 1 aromatic carbocycles. The molecule has 4 atom stereocenters. The highest BCUT2D eigenvalue weighted by molar-refractivity contribution is 5.80. The molecule has 2 bridgehead atoms. The molecule has 1 aromatic rings. The molecule has 230 valence electrons. The van der Waals surface area contributed by atoms with Gasteiger partial charge in [0.05, 0.1) is 30.8 Å². The van der Waals surface area contributed by atoms with Crippen LogP contribution in [0.1, 0.15) is 84.1 Å². The van der Waals surface area contributed by atoms with Gasteiger partial charge in [-0.25, -0.2) is 4.79 Å². The third-order valence-corrected chi connectivity index (χ3v) is 9.81. The number of benzene rings is 1. The van der Waals surface area contributed by atoms with Gasteiger partial charge in [0.2, 0.25) is 5.91 Å². The topological polar surface area (TPSA) is 83.6 Å². The number of fused-ring (bicyclic) bond motifs is 3. The second-order valence-electron chi connectivity index (χ2n) is 14.0. The molecule has 2 amide bonds. The zero-order chi connectivity index (χ0) is 29.3. The van der Waals surface area contributed by atoms with E-state index in [0.29, 0.717) is 26.2 Å². The monoisotopic (exact) mass is 580 g/mol. The van der Waals surface area contributed by atoms with E-state index >= 15 is 0 Å². The number of amides is 2. The molecule has 9 heteroatoms. The van der Waals surface area contributed by atoms with Gasteiger partial charge in [-0.15, -0.1) is 0 Å². The number of hydroxylamine groups is 3. The average Bonchev–Trinajstić information content (AvgIpc) is 3.65. The third kappa shape index (κ3) is 6.69. The van der Waals surface area contributed by atoms with Gasteiger partial charge >= 0.3 is 6.09 Å². The van der Waals surface area contributed by atoms with Crippen LogP contribution in [0.2, 0.25) is 0 Å². The first-order valence-corrected chi connectivity index (χ1v) is 16.0. The summed E-state index contributed by atoms with van der Waals surface area (Å²) < 4.78 is 5.81. The summed E-state index contributed by atoms with van der Waals surface area (Å²) in [4.78, 5) is 43.0. The highest BCUT2D eigenvalue weighted by Gasteiger charge is 2.61. The van der Waals surface area contributed by atoms with E-state index in [4.69, 9.17) is 14.4 Å². The molecule has 5 aliphatic rings. The van der Waals surface area contributed by atoms with Crippen molar-refractivity contribution in [1.29, 1.82) is 0 Å². The number of carbonyl (C=O) groups excluding carboxylic acids is 2. The first kappa shape index (κ1) is 29.6. The molecule has 1 saturated carbocycles. The quantitative estimate of drug-likeness (QED) is 0.435. The minimum atomic E-state index is -0.532. The fourth-order valence-electron chi connectivity index (χ4n) is 7.39. The fraction of sp³-hybridized carbons (Fsp3) is 0.697. The first-order chi connectivity index (χ1) is 20.2. The maximum Gasteiger partial charge on any atom is 0.410 e. The fourth-order valence-corrected chi connectivity index (χ4v) is 7.39. The number of rotatable bonds is 8. The van der Waals surface area contributed by atoms with Gasteiger partial charge in [0, 0.05) is 19.1 Å². The molecule has 1 N–H and O–H groups in total. The Hall–Kier alpha value is -2.46. The van der Waals surface area contributed by atoms with E-state index in [0.717, 1.165) is 50.5 Å². The molecule has 9 nitrogen and oxygen atoms in total. The minimum absolute atomic E-state index is 0.0117. The Morgan fingerprint density at radius 3 is 2.57 bits per heavy atom. The molecule has 42 heavy (non-hydrogen) atoms.